The summed E-state index contributed by atoms with van der Waals surface area (Å²) in [5.41, 5.74) is 9.81. The number of rotatable bonds is 3. The van der Waals surface area contributed by atoms with Crippen LogP contribution in [0.3, 0.4) is 0 Å². The van der Waals surface area contributed by atoms with Gasteiger partial charge in [-0.3, -0.25) is 0 Å². The van der Waals surface area contributed by atoms with Crippen molar-refractivity contribution in [3.63, 3.8) is 0 Å². The summed E-state index contributed by atoms with van der Waals surface area (Å²) < 4.78 is 0. The van der Waals surface area contributed by atoms with E-state index in [-0.39, 0.29) is 0 Å². The fourth-order valence-corrected chi connectivity index (χ4v) is 2.61. The average molecular weight is 288 g/mol. The second kappa shape index (κ2) is 7.84. The molecule has 3 N–H and O–H groups in total. The van der Waals surface area contributed by atoms with Gasteiger partial charge in [0.25, 0.3) is 0 Å². The van der Waals surface area contributed by atoms with E-state index in [0.29, 0.717) is 11.7 Å². The second-order valence-electron chi connectivity index (χ2n) is 5.69. The number of likely N-dealkylation sites (N-methyl/N-ethyl adjacent to an activating group) is 1. The molecule has 0 radical (unpaired) electrons. The normalized spacial score (nSPS) is 17.4. The molecule has 0 bridgehead atoms. The molecule has 1 atom stereocenters. The minimum Gasteiger partial charge on any atom is -0.398 e. The molecule has 4 heteroatoms. The Balaban J connectivity index is 0.000000677. The highest BCUT2D eigenvalue weighted by atomic mass is 15.2. The van der Waals surface area contributed by atoms with Crippen LogP contribution in [0.25, 0.3) is 0 Å². The van der Waals surface area contributed by atoms with Crippen LogP contribution in [0.2, 0.25) is 0 Å². The lowest BCUT2D eigenvalue weighted by Gasteiger charge is -2.24. The van der Waals surface area contributed by atoms with Crippen molar-refractivity contribution in [1.29, 1.82) is 5.41 Å². The van der Waals surface area contributed by atoms with Crippen LogP contribution in [0, 0.1) is 12.3 Å². The fraction of sp³-hybridized carbons (Fsp3) is 0.471. The van der Waals surface area contributed by atoms with Gasteiger partial charge >= 0.3 is 0 Å². The first-order valence-corrected chi connectivity index (χ1v) is 7.33. The summed E-state index contributed by atoms with van der Waals surface area (Å²) in [6, 6.07) is 4.66. The summed E-state index contributed by atoms with van der Waals surface area (Å²) >= 11 is 0. The van der Waals surface area contributed by atoms with Gasteiger partial charge in [-0.1, -0.05) is 6.08 Å². The first kappa shape index (κ1) is 17.2. The van der Waals surface area contributed by atoms with Gasteiger partial charge in [0, 0.05) is 42.3 Å². The summed E-state index contributed by atoms with van der Waals surface area (Å²) in [6.07, 6.45) is 4.28. The Labute approximate surface area is 128 Å². The molecule has 21 heavy (non-hydrogen) atoms. The third-order valence-electron chi connectivity index (χ3n) is 3.71. The van der Waals surface area contributed by atoms with E-state index in [1.807, 2.05) is 19.9 Å². The lowest BCUT2D eigenvalue weighted by molar-refractivity contribution is 0.315. The summed E-state index contributed by atoms with van der Waals surface area (Å²) in [7, 11) is 4.24. The quantitative estimate of drug-likeness (QED) is 0.511. The highest BCUT2D eigenvalue weighted by molar-refractivity contribution is 5.93. The maximum absolute atomic E-state index is 7.55. The van der Waals surface area contributed by atoms with Crippen molar-refractivity contribution < 1.29 is 0 Å². The third kappa shape index (κ3) is 4.33. The van der Waals surface area contributed by atoms with Crippen LogP contribution in [0.4, 0.5) is 11.4 Å². The zero-order valence-corrected chi connectivity index (χ0v) is 13.7. The Kier molecular flexibility index (Phi) is 6.43. The van der Waals surface area contributed by atoms with Gasteiger partial charge in [0.1, 0.15) is 0 Å². The van der Waals surface area contributed by atoms with Crippen LogP contribution in [0.15, 0.2) is 24.8 Å². The Morgan fingerprint density at radius 2 is 2.05 bits per heavy atom. The number of anilines is 2. The molecular formula is C17H28N4. The molecule has 0 aliphatic carbocycles. The zero-order chi connectivity index (χ0) is 16.0. The van der Waals surface area contributed by atoms with Crippen LogP contribution in [0.5, 0.6) is 0 Å². The van der Waals surface area contributed by atoms with E-state index in [1.165, 1.54) is 6.21 Å². The van der Waals surface area contributed by atoms with Crippen LogP contribution >= 0.6 is 0 Å². The summed E-state index contributed by atoms with van der Waals surface area (Å²) in [6.45, 7) is 9.34. The van der Waals surface area contributed by atoms with Crippen molar-refractivity contribution in [2.45, 2.75) is 26.3 Å². The molecule has 1 aliphatic rings. The van der Waals surface area contributed by atoms with Crippen molar-refractivity contribution in [2.24, 2.45) is 0 Å². The van der Waals surface area contributed by atoms with Gasteiger partial charge in [0.05, 0.1) is 0 Å². The lowest BCUT2D eigenvalue weighted by Crippen LogP contribution is -2.31. The predicted molar refractivity (Wildman–Crippen MR) is 93.7 cm³/mol. The molecule has 4 nitrogen and oxygen atoms in total. The molecule has 0 spiro atoms. The van der Waals surface area contributed by atoms with Gasteiger partial charge in [-0.15, -0.1) is 6.58 Å². The Bertz CT molecular complexity index is 494. The molecule has 1 heterocycles. The number of nitrogens with zero attached hydrogens (tertiary/aromatic N) is 2. The van der Waals surface area contributed by atoms with E-state index in [9.17, 15) is 0 Å². The molecule has 1 aromatic rings. The Hall–Kier alpha value is -1.81. The van der Waals surface area contributed by atoms with Crippen molar-refractivity contribution in [1.82, 2.24) is 4.90 Å². The first-order chi connectivity index (χ1) is 9.94. The molecule has 1 saturated heterocycles. The van der Waals surface area contributed by atoms with E-state index in [0.717, 1.165) is 36.3 Å². The zero-order valence-electron chi connectivity index (χ0n) is 13.7. The molecule has 0 aromatic heterocycles. The Morgan fingerprint density at radius 1 is 1.43 bits per heavy atom. The molecule has 2 rings (SSSR count). The summed E-state index contributed by atoms with van der Waals surface area (Å²) in [4.78, 5) is 4.61. The van der Waals surface area contributed by atoms with Crippen molar-refractivity contribution in [3.8, 4) is 0 Å². The van der Waals surface area contributed by atoms with Crippen molar-refractivity contribution in [3.05, 3.63) is 35.9 Å². The monoisotopic (exact) mass is 288 g/mol. The maximum atomic E-state index is 7.55. The summed E-state index contributed by atoms with van der Waals surface area (Å²) in [5.74, 6) is 0. The van der Waals surface area contributed by atoms with Crippen molar-refractivity contribution in [2.75, 3.05) is 37.8 Å². The number of aryl methyl sites for hydroxylation is 1. The topological polar surface area (TPSA) is 56.4 Å². The minimum absolute atomic E-state index is 0.588. The van der Waals surface area contributed by atoms with Crippen LogP contribution in [-0.4, -0.2) is 44.3 Å². The van der Waals surface area contributed by atoms with E-state index < -0.39 is 0 Å². The molecule has 116 valence electrons. The van der Waals surface area contributed by atoms with Crippen LogP contribution in [0.1, 0.15) is 24.5 Å². The van der Waals surface area contributed by atoms with E-state index in [2.05, 4.69) is 36.5 Å². The standard InChI is InChI=1S/C14H22N4.C3H6/c1-10-6-13(16)12(8-15)14(7-10)18-5-4-11(9-18)17(2)3;1-3-2/h6-8,11,15H,4-5,9,16H2,1-3H3;3H,1H2,2H3. The number of nitrogen functional groups attached to an aromatic ring is 1. The number of hydrogen-bond donors (Lipinski definition) is 2. The van der Waals surface area contributed by atoms with Crippen LogP contribution in [-0.2, 0) is 0 Å². The largest absolute Gasteiger partial charge is 0.398 e. The predicted octanol–water partition coefficient (Wildman–Crippen LogP) is 2.91. The number of benzene rings is 1. The van der Waals surface area contributed by atoms with Gasteiger partial charge in [-0.05, 0) is 52.1 Å². The van der Waals surface area contributed by atoms with Crippen molar-refractivity contribution >= 4 is 17.6 Å². The molecule has 0 amide bonds. The third-order valence-corrected chi connectivity index (χ3v) is 3.71. The lowest BCUT2D eigenvalue weighted by atomic mass is 10.1. The van der Waals surface area contributed by atoms with Crippen LogP contribution < -0.4 is 10.6 Å². The highest BCUT2D eigenvalue weighted by Gasteiger charge is 2.25. The van der Waals surface area contributed by atoms with E-state index >= 15 is 0 Å². The smallest absolute Gasteiger partial charge is 0.0479 e. The first-order valence-electron chi connectivity index (χ1n) is 7.33. The highest BCUT2D eigenvalue weighted by Crippen LogP contribution is 2.29. The summed E-state index contributed by atoms with van der Waals surface area (Å²) in [5, 5.41) is 7.55. The molecule has 1 fully saturated rings. The second-order valence-corrected chi connectivity index (χ2v) is 5.69. The number of allylic oxidation sites excluding steroid dienone is 1. The van der Waals surface area contributed by atoms with Gasteiger partial charge in [0.2, 0.25) is 0 Å². The number of nitrogens with two attached hydrogens (primary N) is 1. The Morgan fingerprint density at radius 3 is 2.52 bits per heavy atom. The average Bonchev–Trinajstić information content (AvgIpc) is 2.88. The molecule has 1 aliphatic heterocycles. The molecular weight excluding hydrogens is 260 g/mol. The molecule has 1 aromatic carbocycles. The fourth-order valence-electron chi connectivity index (χ4n) is 2.61. The SMILES string of the molecule is C=CC.Cc1cc(N)c(C=N)c(N2CCC(N(C)C)C2)c1. The molecule has 1 unspecified atom stereocenters. The van der Waals surface area contributed by atoms with E-state index in [4.69, 9.17) is 11.1 Å². The maximum Gasteiger partial charge on any atom is 0.0479 e. The van der Waals surface area contributed by atoms with E-state index in [1.54, 1.807) is 6.08 Å². The minimum atomic E-state index is 0.588. The van der Waals surface area contributed by atoms with Gasteiger partial charge in [0.15, 0.2) is 0 Å². The number of nitrogens with one attached hydrogen (secondary N) is 1. The molecule has 0 saturated carbocycles. The number of hydrogen-bond acceptors (Lipinski definition) is 4. The van der Waals surface area contributed by atoms with Gasteiger partial charge < -0.3 is 20.9 Å². The van der Waals surface area contributed by atoms with Gasteiger partial charge in [-0.2, -0.15) is 0 Å². The van der Waals surface area contributed by atoms with Gasteiger partial charge in [-0.25, -0.2) is 0 Å².